The average Bonchev–Trinajstić information content (AvgIpc) is 1.53. The van der Waals surface area contributed by atoms with Gasteiger partial charge in [-0.1, -0.05) is 27.7 Å². The zero-order valence-electron chi connectivity index (χ0n) is 9.02. The van der Waals surface area contributed by atoms with E-state index in [1.165, 1.54) is 12.3 Å². The Kier molecular flexibility index (Phi) is 4.63. The summed E-state index contributed by atoms with van der Waals surface area (Å²) in [6.07, 6.45) is 2.93. The lowest BCUT2D eigenvalue weighted by Gasteiger charge is -2.21. The van der Waals surface area contributed by atoms with Crippen molar-refractivity contribution < 1.29 is 0 Å². The molecule has 0 atom stereocenters. The van der Waals surface area contributed by atoms with Crippen LogP contribution in [0.25, 0.3) is 0 Å². The molecule has 0 saturated heterocycles. The van der Waals surface area contributed by atoms with Crippen LogP contribution in [0.2, 0.25) is 0 Å². The van der Waals surface area contributed by atoms with Crippen LogP contribution in [0.15, 0.2) is 0 Å². The third-order valence-electron chi connectivity index (χ3n) is 1.72. The standard InChI is InChI=1S/C10H24P/c1-9(2)7-11(5,6)8-10(3)4/h9-10H,7-8H2,1-6H3/q+1. The van der Waals surface area contributed by atoms with Gasteiger partial charge >= 0.3 is 0 Å². The van der Waals surface area contributed by atoms with Crippen molar-refractivity contribution in [3.63, 3.8) is 0 Å². The number of hydrogen-bond acceptors (Lipinski definition) is 0. The van der Waals surface area contributed by atoms with Gasteiger partial charge in [-0.15, -0.1) is 0 Å². The van der Waals surface area contributed by atoms with Crippen LogP contribution >= 0.6 is 7.26 Å². The monoisotopic (exact) mass is 175 g/mol. The Bertz CT molecular complexity index is 91.4. The lowest BCUT2D eigenvalue weighted by Crippen LogP contribution is -2.09. The van der Waals surface area contributed by atoms with Crippen molar-refractivity contribution in [1.29, 1.82) is 0 Å². The Morgan fingerprint density at radius 3 is 1.27 bits per heavy atom. The molecule has 0 heterocycles. The van der Waals surface area contributed by atoms with Crippen LogP contribution in [-0.4, -0.2) is 25.7 Å². The molecule has 0 N–H and O–H groups in total. The van der Waals surface area contributed by atoms with Crippen LogP contribution < -0.4 is 0 Å². The summed E-state index contributed by atoms with van der Waals surface area (Å²) in [5.74, 6) is 1.77. The van der Waals surface area contributed by atoms with E-state index in [2.05, 4.69) is 41.0 Å². The van der Waals surface area contributed by atoms with E-state index < -0.39 is 7.26 Å². The van der Waals surface area contributed by atoms with E-state index in [-0.39, 0.29) is 0 Å². The smallest absolute Gasteiger partial charge is 0.0593 e. The highest BCUT2D eigenvalue weighted by Crippen LogP contribution is 2.53. The minimum Gasteiger partial charge on any atom is -0.0593 e. The maximum atomic E-state index is 2.49. The summed E-state index contributed by atoms with van der Waals surface area (Å²) in [6.45, 7) is 14.3. The molecule has 0 saturated carbocycles. The molecule has 0 aliphatic carbocycles. The summed E-state index contributed by atoms with van der Waals surface area (Å²) in [5, 5.41) is 0. The van der Waals surface area contributed by atoms with Gasteiger partial charge in [0.05, 0.1) is 12.3 Å². The normalized spacial score (nSPS) is 13.1. The van der Waals surface area contributed by atoms with Crippen LogP contribution in [0.1, 0.15) is 27.7 Å². The Labute approximate surface area is 73.1 Å². The molecule has 0 nitrogen and oxygen atoms in total. The van der Waals surface area contributed by atoms with Gasteiger partial charge < -0.3 is 0 Å². The molecule has 0 aromatic rings. The van der Waals surface area contributed by atoms with E-state index >= 15 is 0 Å². The van der Waals surface area contributed by atoms with Crippen molar-refractivity contribution in [2.75, 3.05) is 25.7 Å². The quantitative estimate of drug-likeness (QED) is 0.573. The second kappa shape index (κ2) is 4.45. The molecular formula is C10H24P+. The third kappa shape index (κ3) is 6.81. The summed E-state index contributed by atoms with van der Waals surface area (Å²) in [4.78, 5) is 0. The first-order valence-corrected chi connectivity index (χ1v) is 7.71. The molecule has 68 valence electrons. The van der Waals surface area contributed by atoms with Crippen molar-refractivity contribution in [1.82, 2.24) is 0 Å². The molecule has 0 bridgehead atoms. The zero-order valence-corrected chi connectivity index (χ0v) is 9.91. The van der Waals surface area contributed by atoms with E-state index in [0.717, 1.165) is 11.8 Å². The second-order valence-electron chi connectivity index (χ2n) is 5.09. The summed E-state index contributed by atoms with van der Waals surface area (Å²) in [5.41, 5.74) is 0. The highest BCUT2D eigenvalue weighted by molar-refractivity contribution is 7.74. The van der Waals surface area contributed by atoms with Gasteiger partial charge in [-0.25, -0.2) is 0 Å². The molecule has 11 heavy (non-hydrogen) atoms. The fraction of sp³-hybridized carbons (Fsp3) is 1.00. The summed E-state index contributed by atoms with van der Waals surface area (Å²) >= 11 is 0. The molecule has 0 amide bonds. The van der Waals surface area contributed by atoms with Crippen molar-refractivity contribution in [2.24, 2.45) is 11.8 Å². The van der Waals surface area contributed by atoms with E-state index in [1.807, 2.05) is 0 Å². The molecule has 0 unspecified atom stereocenters. The minimum atomic E-state index is -0.555. The van der Waals surface area contributed by atoms with Crippen LogP contribution in [0.5, 0.6) is 0 Å². The van der Waals surface area contributed by atoms with Gasteiger partial charge in [0.15, 0.2) is 0 Å². The molecule has 0 rings (SSSR count). The van der Waals surface area contributed by atoms with E-state index in [0.29, 0.717) is 0 Å². The Morgan fingerprint density at radius 1 is 0.818 bits per heavy atom. The molecule has 0 aromatic carbocycles. The van der Waals surface area contributed by atoms with E-state index in [4.69, 9.17) is 0 Å². The molecule has 0 aliphatic heterocycles. The second-order valence-corrected chi connectivity index (χ2v) is 9.69. The van der Waals surface area contributed by atoms with Gasteiger partial charge in [-0.2, -0.15) is 0 Å². The molecule has 0 fully saturated rings. The van der Waals surface area contributed by atoms with Gasteiger partial charge in [-0.3, -0.25) is 0 Å². The van der Waals surface area contributed by atoms with Crippen molar-refractivity contribution >= 4 is 7.26 Å². The molecule has 0 spiro atoms. The summed E-state index contributed by atoms with van der Waals surface area (Å²) in [6, 6.07) is 0. The van der Waals surface area contributed by atoms with Gasteiger partial charge in [0.2, 0.25) is 0 Å². The van der Waals surface area contributed by atoms with Gasteiger partial charge in [0.1, 0.15) is 0 Å². The summed E-state index contributed by atoms with van der Waals surface area (Å²) < 4.78 is 0. The van der Waals surface area contributed by atoms with Crippen LogP contribution in [0.4, 0.5) is 0 Å². The summed E-state index contributed by atoms with van der Waals surface area (Å²) in [7, 11) is -0.555. The minimum absolute atomic E-state index is 0.555. The first kappa shape index (κ1) is 11.4. The molecule has 0 aromatic heterocycles. The van der Waals surface area contributed by atoms with Crippen LogP contribution in [-0.2, 0) is 0 Å². The van der Waals surface area contributed by atoms with Crippen LogP contribution in [0, 0.1) is 11.8 Å². The topological polar surface area (TPSA) is 0 Å². The lowest BCUT2D eigenvalue weighted by molar-refractivity contribution is 0.714. The SMILES string of the molecule is CC(C)C[P+](C)(C)CC(C)C. The fourth-order valence-corrected chi connectivity index (χ4v) is 6.15. The van der Waals surface area contributed by atoms with Crippen molar-refractivity contribution in [2.45, 2.75) is 27.7 Å². The van der Waals surface area contributed by atoms with Crippen LogP contribution in [0.3, 0.4) is 0 Å². The lowest BCUT2D eigenvalue weighted by atomic mass is 10.3. The first-order chi connectivity index (χ1) is 4.83. The Balaban J connectivity index is 3.79. The first-order valence-electron chi connectivity index (χ1n) is 4.65. The Morgan fingerprint density at radius 2 is 1.09 bits per heavy atom. The molecule has 1 heteroatoms. The van der Waals surface area contributed by atoms with E-state index in [1.54, 1.807) is 0 Å². The molecular weight excluding hydrogens is 151 g/mol. The highest BCUT2D eigenvalue weighted by Gasteiger charge is 2.26. The number of rotatable bonds is 4. The van der Waals surface area contributed by atoms with Crippen molar-refractivity contribution in [3.8, 4) is 0 Å². The van der Waals surface area contributed by atoms with Gasteiger partial charge in [0.25, 0.3) is 0 Å². The third-order valence-corrected chi connectivity index (χ3v) is 5.16. The fourth-order valence-electron chi connectivity index (χ4n) is 2.05. The van der Waals surface area contributed by atoms with Gasteiger partial charge in [0, 0.05) is 20.6 Å². The number of hydrogen-bond donors (Lipinski definition) is 0. The van der Waals surface area contributed by atoms with Crippen molar-refractivity contribution in [3.05, 3.63) is 0 Å². The molecule has 0 radical (unpaired) electrons. The predicted octanol–water partition coefficient (Wildman–Crippen LogP) is 3.58. The highest BCUT2D eigenvalue weighted by atomic mass is 31.2. The predicted molar refractivity (Wildman–Crippen MR) is 58.2 cm³/mol. The largest absolute Gasteiger partial charge is 0.0611 e. The maximum absolute atomic E-state index is 2.49. The Hall–Kier alpha value is 0.430. The zero-order chi connectivity index (χ0) is 9.07. The van der Waals surface area contributed by atoms with Gasteiger partial charge in [-0.05, 0) is 11.8 Å². The van der Waals surface area contributed by atoms with E-state index in [9.17, 15) is 0 Å². The average molecular weight is 175 g/mol. The molecule has 0 aliphatic rings. The maximum Gasteiger partial charge on any atom is 0.0611 e.